The quantitative estimate of drug-likeness (QED) is 0.226. The maximum absolute atomic E-state index is 8.63. The molecule has 0 aromatic rings. The SMILES string of the molecule is CC#N.O=S(=O)([O-])O.[Na+]. The molecule has 0 aliphatic heterocycles. The fraction of sp³-hybridized carbons (Fsp3) is 0.500. The number of nitrogens with zero attached hydrogens (tertiary/aromatic N) is 1. The first kappa shape index (κ1) is 16.2. The van der Waals surface area contributed by atoms with E-state index in [9.17, 15) is 0 Å². The van der Waals surface area contributed by atoms with Crippen molar-refractivity contribution in [2.45, 2.75) is 6.92 Å². The van der Waals surface area contributed by atoms with E-state index in [4.69, 9.17) is 22.8 Å². The number of rotatable bonds is 0. The van der Waals surface area contributed by atoms with Gasteiger partial charge in [-0.25, -0.2) is 8.42 Å². The van der Waals surface area contributed by atoms with Gasteiger partial charge in [0, 0.05) is 6.92 Å². The minimum Gasteiger partial charge on any atom is -0.726 e. The van der Waals surface area contributed by atoms with Crippen LogP contribution in [-0.2, 0) is 10.4 Å². The Morgan fingerprint density at radius 1 is 1.67 bits per heavy atom. The first-order chi connectivity index (χ1) is 3.41. The zero-order valence-corrected chi connectivity index (χ0v) is 7.84. The second-order valence-corrected chi connectivity index (χ2v) is 1.51. The van der Waals surface area contributed by atoms with Crippen molar-refractivity contribution in [2.75, 3.05) is 0 Å². The average Bonchev–Trinajstić information content (AvgIpc) is 1.27. The Balaban J connectivity index is -0.0000000800. The molecule has 0 amide bonds. The summed E-state index contributed by atoms with van der Waals surface area (Å²) >= 11 is 0. The summed E-state index contributed by atoms with van der Waals surface area (Å²) in [6.45, 7) is 1.43. The van der Waals surface area contributed by atoms with Crippen LogP contribution in [0, 0.1) is 11.3 Å². The van der Waals surface area contributed by atoms with Gasteiger partial charge < -0.3 is 4.55 Å². The van der Waals surface area contributed by atoms with Crippen molar-refractivity contribution in [1.82, 2.24) is 0 Å². The molecule has 0 heterocycles. The topological polar surface area (TPSA) is 101 Å². The standard InChI is InChI=1S/C2H3N.Na.H2O4S/c1-2-3;;1-5(2,3)4/h1H3;;(H2,1,2,3,4)/q;+1;/p-1. The van der Waals surface area contributed by atoms with Gasteiger partial charge in [-0.15, -0.1) is 0 Å². The minimum atomic E-state index is -4.92. The predicted molar refractivity (Wildman–Crippen MR) is 23.6 cm³/mol. The molecular weight excluding hydrogens is 157 g/mol. The second-order valence-electron chi connectivity index (χ2n) is 0.651. The number of hydrogen-bond acceptors (Lipinski definition) is 4. The van der Waals surface area contributed by atoms with Crippen molar-refractivity contribution in [3.8, 4) is 6.07 Å². The van der Waals surface area contributed by atoms with E-state index in [2.05, 4.69) is 0 Å². The molecule has 0 aromatic heterocycles. The molecule has 0 spiro atoms. The first-order valence-electron chi connectivity index (χ1n) is 1.41. The van der Waals surface area contributed by atoms with E-state index in [1.807, 2.05) is 0 Å². The summed E-state index contributed by atoms with van der Waals surface area (Å²) in [6, 6.07) is 1.75. The molecule has 0 saturated heterocycles. The smallest absolute Gasteiger partial charge is 0.726 e. The Morgan fingerprint density at radius 3 is 1.67 bits per heavy atom. The van der Waals surface area contributed by atoms with Crippen LogP contribution in [0.3, 0.4) is 0 Å². The summed E-state index contributed by atoms with van der Waals surface area (Å²) in [4.78, 5) is 0. The molecule has 1 N–H and O–H groups in total. The van der Waals surface area contributed by atoms with Gasteiger partial charge in [-0.1, -0.05) is 0 Å². The largest absolute Gasteiger partial charge is 1.00 e. The molecule has 0 rings (SSSR count). The third-order valence-corrected chi connectivity index (χ3v) is 0. The molecule has 0 aliphatic rings. The van der Waals surface area contributed by atoms with Gasteiger partial charge >= 0.3 is 29.6 Å². The molecule has 0 saturated carbocycles. The van der Waals surface area contributed by atoms with Crippen molar-refractivity contribution >= 4 is 10.4 Å². The van der Waals surface area contributed by atoms with Gasteiger partial charge in [0.2, 0.25) is 10.4 Å². The van der Waals surface area contributed by atoms with E-state index in [1.54, 1.807) is 6.07 Å². The Morgan fingerprint density at radius 2 is 1.67 bits per heavy atom. The Bertz CT molecular complexity index is 159. The minimum absolute atomic E-state index is 0. The van der Waals surface area contributed by atoms with Gasteiger partial charge in [0.25, 0.3) is 0 Å². The molecule has 0 unspecified atom stereocenters. The molecule has 48 valence electrons. The summed E-state index contributed by atoms with van der Waals surface area (Å²) in [5.41, 5.74) is 0. The first-order valence-corrected chi connectivity index (χ1v) is 2.77. The van der Waals surface area contributed by atoms with Crippen LogP contribution >= 0.6 is 0 Å². The number of nitriles is 1. The fourth-order valence-corrected chi connectivity index (χ4v) is 0. The fourth-order valence-electron chi connectivity index (χ4n) is 0. The number of hydrogen-bond donors (Lipinski definition) is 1. The zero-order valence-electron chi connectivity index (χ0n) is 5.03. The zero-order chi connectivity index (χ0) is 7.21. The van der Waals surface area contributed by atoms with Crippen LogP contribution in [0.2, 0.25) is 0 Å². The van der Waals surface area contributed by atoms with Crippen LogP contribution in [0.1, 0.15) is 6.92 Å². The van der Waals surface area contributed by atoms with Gasteiger partial charge in [0.15, 0.2) is 0 Å². The van der Waals surface area contributed by atoms with Crippen LogP contribution in [0.5, 0.6) is 0 Å². The maximum Gasteiger partial charge on any atom is 1.00 e. The van der Waals surface area contributed by atoms with E-state index in [0.717, 1.165) is 0 Å². The van der Waals surface area contributed by atoms with Crippen molar-refractivity contribution in [3.63, 3.8) is 0 Å². The van der Waals surface area contributed by atoms with Gasteiger partial charge in [0.05, 0.1) is 6.07 Å². The normalized spacial score (nSPS) is 7.33. The van der Waals surface area contributed by atoms with Crippen molar-refractivity contribution in [1.29, 1.82) is 5.26 Å². The summed E-state index contributed by atoms with van der Waals surface area (Å²) in [5, 5.41) is 7.32. The molecule has 0 bridgehead atoms. The summed E-state index contributed by atoms with van der Waals surface area (Å²) in [5.74, 6) is 0. The van der Waals surface area contributed by atoms with E-state index in [0.29, 0.717) is 0 Å². The molecule has 0 aromatic carbocycles. The van der Waals surface area contributed by atoms with E-state index in [1.165, 1.54) is 6.92 Å². The molecular formula is C2H4NNaO4S. The third-order valence-electron chi connectivity index (χ3n) is 0. The van der Waals surface area contributed by atoms with Gasteiger partial charge in [0.1, 0.15) is 0 Å². The Hall–Kier alpha value is 0.360. The molecule has 0 atom stereocenters. The second kappa shape index (κ2) is 8.36. The summed E-state index contributed by atoms with van der Waals surface area (Å²) in [6.07, 6.45) is 0. The van der Waals surface area contributed by atoms with Gasteiger partial charge in [-0.05, 0) is 0 Å². The van der Waals surface area contributed by atoms with E-state index in [-0.39, 0.29) is 29.6 Å². The molecule has 5 nitrogen and oxygen atoms in total. The summed E-state index contributed by atoms with van der Waals surface area (Å²) < 4.78 is 32.8. The van der Waals surface area contributed by atoms with Crippen LogP contribution in [-0.4, -0.2) is 17.5 Å². The van der Waals surface area contributed by atoms with Crippen LogP contribution in [0.15, 0.2) is 0 Å². The van der Waals surface area contributed by atoms with Crippen LogP contribution in [0.4, 0.5) is 0 Å². The van der Waals surface area contributed by atoms with Crippen molar-refractivity contribution < 1.29 is 47.1 Å². The molecule has 0 aliphatic carbocycles. The monoisotopic (exact) mass is 161 g/mol. The molecule has 0 radical (unpaired) electrons. The third kappa shape index (κ3) is 2610. The maximum atomic E-state index is 8.63. The van der Waals surface area contributed by atoms with Crippen molar-refractivity contribution in [3.05, 3.63) is 0 Å². The summed E-state index contributed by atoms with van der Waals surface area (Å²) in [7, 11) is -4.92. The average molecular weight is 161 g/mol. The van der Waals surface area contributed by atoms with E-state index < -0.39 is 10.4 Å². The van der Waals surface area contributed by atoms with Crippen LogP contribution in [0.25, 0.3) is 0 Å². The van der Waals surface area contributed by atoms with E-state index >= 15 is 0 Å². The molecule has 9 heavy (non-hydrogen) atoms. The predicted octanol–water partition coefficient (Wildman–Crippen LogP) is -3.46. The van der Waals surface area contributed by atoms with Crippen LogP contribution < -0.4 is 29.6 Å². The van der Waals surface area contributed by atoms with Gasteiger partial charge in [-0.3, -0.25) is 4.55 Å². The Kier molecular flexibility index (Phi) is 15.0. The molecule has 0 fully saturated rings. The van der Waals surface area contributed by atoms with Crippen molar-refractivity contribution in [2.24, 2.45) is 0 Å². The Labute approximate surface area is 75.5 Å². The van der Waals surface area contributed by atoms with Gasteiger partial charge in [-0.2, -0.15) is 5.26 Å². The molecule has 7 heteroatoms.